The van der Waals surface area contributed by atoms with Crippen LogP contribution in [0.5, 0.6) is 11.5 Å². The van der Waals surface area contributed by atoms with Crippen molar-refractivity contribution in [1.82, 2.24) is 4.31 Å². The van der Waals surface area contributed by atoms with E-state index in [-0.39, 0.29) is 34.9 Å². The maximum Gasteiger partial charge on any atom is 0.341 e. The number of methoxy groups -OCH3 is 1. The highest BCUT2D eigenvalue weighted by Crippen LogP contribution is 2.29. The summed E-state index contributed by atoms with van der Waals surface area (Å²) >= 11 is 0. The second kappa shape index (κ2) is 6.68. The van der Waals surface area contributed by atoms with Gasteiger partial charge in [-0.1, -0.05) is 12.1 Å². The van der Waals surface area contributed by atoms with Gasteiger partial charge in [-0.25, -0.2) is 17.5 Å². The molecule has 1 amide bonds. The lowest BCUT2D eigenvalue weighted by Crippen LogP contribution is -2.33. The molecule has 1 aliphatic rings. The van der Waals surface area contributed by atoms with Gasteiger partial charge >= 0.3 is 5.97 Å². The van der Waals surface area contributed by atoms with Crippen LogP contribution in [0.4, 0.5) is 0 Å². The summed E-state index contributed by atoms with van der Waals surface area (Å²) in [4.78, 5) is 24.2. The highest BCUT2D eigenvalue weighted by Gasteiger charge is 2.40. The number of amides is 1. The van der Waals surface area contributed by atoms with Gasteiger partial charge in [-0.05, 0) is 24.3 Å². The zero-order valence-corrected chi connectivity index (χ0v) is 14.5. The Morgan fingerprint density at radius 2 is 1.92 bits per heavy atom. The van der Waals surface area contributed by atoms with Gasteiger partial charge in [0.05, 0.1) is 19.2 Å². The highest BCUT2D eigenvalue weighted by atomic mass is 32.2. The van der Waals surface area contributed by atoms with Crippen molar-refractivity contribution in [3.05, 3.63) is 53.6 Å². The summed E-state index contributed by atoms with van der Waals surface area (Å²) in [6.07, 6.45) is 0. The molecule has 0 unspecified atom stereocenters. The number of phenolic OH excluding ortho intramolecular Hbond substituents is 1. The Labute approximate surface area is 149 Å². The van der Waals surface area contributed by atoms with E-state index in [1.807, 2.05) is 0 Å². The molecule has 26 heavy (non-hydrogen) atoms. The van der Waals surface area contributed by atoms with Crippen LogP contribution in [0.15, 0.2) is 47.4 Å². The number of ether oxygens (including phenoxy) is 2. The molecule has 0 saturated heterocycles. The molecule has 0 aromatic heterocycles. The first-order valence-electron chi connectivity index (χ1n) is 7.56. The summed E-state index contributed by atoms with van der Waals surface area (Å²) in [5, 5.41) is 9.81. The van der Waals surface area contributed by atoms with Crippen LogP contribution in [0.3, 0.4) is 0 Å². The summed E-state index contributed by atoms with van der Waals surface area (Å²) in [6, 6.07) is 9.93. The summed E-state index contributed by atoms with van der Waals surface area (Å²) in [6.45, 7) is -0.665. The smallest absolute Gasteiger partial charge is 0.341 e. The van der Waals surface area contributed by atoms with Crippen molar-refractivity contribution in [1.29, 1.82) is 0 Å². The number of nitrogens with zero attached hydrogens (tertiary/aromatic N) is 1. The van der Waals surface area contributed by atoms with Gasteiger partial charge in [0.1, 0.15) is 28.6 Å². The number of hydrogen-bond acceptors (Lipinski definition) is 7. The lowest BCUT2D eigenvalue weighted by Gasteiger charge is -2.15. The third-order valence-electron chi connectivity index (χ3n) is 3.86. The van der Waals surface area contributed by atoms with Crippen molar-refractivity contribution in [2.75, 3.05) is 20.3 Å². The van der Waals surface area contributed by atoms with Gasteiger partial charge in [-0.15, -0.1) is 0 Å². The molecule has 0 saturated carbocycles. The molecule has 1 N–H and O–H groups in total. The molecule has 0 fully saturated rings. The topological polar surface area (TPSA) is 110 Å². The van der Waals surface area contributed by atoms with Crippen LogP contribution in [-0.2, 0) is 14.8 Å². The van der Waals surface area contributed by atoms with Crippen molar-refractivity contribution >= 4 is 21.9 Å². The number of aromatic hydroxyl groups is 1. The van der Waals surface area contributed by atoms with E-state index in [1.165, 1.54) is 43.5 Å². The zero-order valence-electron chi connectivity index (χ0n) is 13.7. The first-order chi connectivity index (χ1) is 12.4. The van der Waals surface area contributed by atoms with Crippen molar-refractivity contribution in [2.24, 2.45) is 0 Å². The number of sulfonamides is 1. The van der Waals surface area contributed by atoms with Crippen LogP contribution in [-0.4, -0.2) is 50.0 Å². The lowest BCUT2D eigenvalue weighted by atomic mass is 10.2. The van der Waals surface area contributed by atoms with E-state index < -0.39 is 21.9 Å². The average Bonchev–Trinajstić information content (AvgIpc) is 2.82. The Bertz CT molecular complexity index is 984. The van der Waals surface area contributed by atoms with Crippen LogP contribution < -0.4 is 4.74 Å². The number of benzene rings is 2. The molecular weight excluding hydrogens is 362 g/mol. The predicted molar refractivity (Wildman–Crippen MR) is 89.6 cm³/mol. The first-order valence-corrected chi connectivity index (χ1v) is 9.00. The minimum atomic E-state index is -3.95. The maximum atomic E-state index is 12.4. The Hall–Kier alpha value is -3.07. The van der Waals surface area contributed by atoms with E-state index in [4.69, 9.17) is 9.47 Å². The number of phenols is 1. The van der Waals surface area contributed by atoms with E-state index >= 15 is 0 Å². The standard InChI is InChI=1S/C17H15NO7S/c1-24-11-6-7-12(14(19)10-11)17(21)25-9-8-18-16(20)13-4-2-3-5-15(13)26(18,22)23/h2-7,10,19H,8-9H2,1H3. The van der Waals surface area contributed by atoms with Crippen LogP contribution in [0.2, 0.25) is 0 Å². The van der Waals surface area contributed by atoms with Gasteiger partial charge in [0.15, 0.2) is 0 Å². The average molecular weight is 377 g/mol. The maximum absolute atomic E-state index is 12.4. The quantitative estimate of drug-likeness (QED) is 0.784. The fraction of sp³-hybridized carbons (Fsp3) is 0.176. The van der Waals surface area contributed by atoms with E-state index in [0.717, 1.165) is 0 Å². The monoisotopic (exact) mass is 377 g/mol. The molecule has 2 aromatic rings. The molecule has 8 nitrogen and oxygen atoms in total. The van der Waals surface area contributed by atoms with E-state index in [1.54, 1.807) is 6.07 Å². The molecule has 0 spiro atoms. The van der Waals surface area contributed by atoms with Gasteiger partial charge in [0.25, 0.3) is 15.9 Å². The van der Waals surface area contributed by atoms with Gasteiger partial charge < -0.3 is 14.6 Å². The molecule has 1 heterocycles. The predicted octanol–water partition coefficient (Wildman–Crippen LogP) is 1.40. The van der Waals surface area contributed by atoms with Gasteiger partial charge in [-0.3, -0.25) is 4.79 Å². The second-order valence-electron chi connectivity index (χ2n) is 5.40. The summed E-state index contributed by atoms with van der Waals surface area (Å²) in [5.41, 5.74) is -0.00341. The Morgan fingerprint density at radius 3 is 2.58 bits per heavy atom. The van der Waals surface area contributed by atoms with Gasteiger partial charge in [-0.2, -0.15) is 0 Å². The van der Waals surface area contributed by atoms with E-state index in [9.17, 15) is 23.1 Å². The first kappa shape index (κ1) is 17.7. The van der Waals surface area contributed by atoms with Crippen LogP contribution in [0.1, 0.15) is 20.7 Å². The molecule has 0 bridgehead atoms. The molecule has 3 rings (SSSR count). The molecular formula is C17H15NO7S. The van der Waals surface area contributed by atoms with Crippen LogP contribution >= 0.6 is 0 Å². The lowest BCUT2D eigenvalue weighted by molar-refractivity contribution is 0.0474. The molecule has 136 valence electrons. The Morgan fingerprint density at radius 1 is 1.19 bits per heavy atom. The third kappa shape index (κ3) is 2.97. The number of rotatable bonds is 5. The second-order valence-corrected chi connectivity index (χ2v) is 7.23. The Kier molecular flexibility index (Phi) is 4.56. The summed E-state index contributed by atoms with van der Waals surface area (Å²) in [7, 11) is -2.53. The number of carbonyl (C=O) groups is 2. The molecule has 0 atom stereocenters. The number of fused-ring (bicyclic) bond motifs is 1. The zero-order chi connectivity index (χ0) is 18.9. The minimum absolute atomic E-state index is 0.0656. The van der Waals surface area contributed by atoms with E-state index in [0.29, 0.717) is 10.1 Å². The third-order valence-corrected chi connectivity index (χ3v) is 5.70. The normalized spacial score (nSPS) is 14.8. The SMILES string of the molecule is COc1ccc(C(=O)OCCN2C(=O)c3ccccc3S2(=O)=O)c(O)c1. The molecule has 1 aliphatic heterocycles. The minimum Gasteiger partial charge on any atom is -0.507 e. The molecule has 9 heteroatoms. The van der Waals surface area contributed by atoms with Crippen molar-refractivity contribution in [3.8, 4) is 11.5 Å². The van der Waals surface area contributed by atoms with Crippen molar-refractivity contribution in [2.45, 2.75) is 4.90 Å². The number of carbonyl (C=O) groups excluding carboxylic acids is 2. The molecule has 0 aliphatic carbocycles. The summed E-state index contributed by atoms with van der Waals surface area (Å²) in [5.74, 6) is -1.46. The fourth-order valence-corrected chi connectivity index (χ4v) is 4.12. The largest absolute Gasteiger partial charge is 0.507 e. The fourth-order valence-electron chi connectivity index (χ4n) is 2.56. The van der Waals surface area contributed by atoms with Gasteiger partial charge in [0.2, 0.25) is 0 Å². The number of hydrogen-bond donors (Lipinski definition) is 1. The number of esters is 1. The van der Waals surface area contributed by atoms with Crippen LogP contribution in [0.25, 0.3) is 0 Å². The summed E-state index contributed by atoms with van der Waals surface area (Å²) < 4.78 is 35.3. The van der Waals surface area contributed by atoms with E-state index in [2.05, 4.69) is 0 Å². The molecule has 0 radical (unpaired) electrons. The highest BCUT2D eigenvalue weighted by molar-refractivity contribution is 7.90. The van der Waals surface area contributed by atoms with Crippen molar-refractivity contribution in [3.63, 3.8) is 0 Å². The van der Waals surface area contributed by atoms with Crippen molar-refractivity contribution < 1.29 is 32.6 Å². The Balaban J connectivity index is 1.67. The molecule has 2 aromatic carbocycles. The van der Waals surface area contributed by atoms with Gasteiger partial charge in [0, 0.05) is 6.07 Å². The van der Waals surface area contributed by atoms with Crippen LogP contribution in [0, 0.1) is 0 Å².